The molecule has 0 spiro atoms. The second kappa shape index (κ2) is 6.73. The number of hydrogen-bond donors (Lipinski definition) is 1. The highest BCUT2D eigenvalue weighted by molar-refractivity contribution is 6.33. The summed E-state index contributed by atoms with van der Waals surface area (Å²) in [5, 5.41) is 3.75. The monoisotopic (exact) mass is 295 g/mol. The summed E-state index contributed by atoms with van der Waals surface area (Å²) in [4.78, 5) is 7.86. The van der Waals surface area contributed by atoms with Crippen LogP contribution in [0.2, 0.25) is 10.3 Å². The van der Waals surface area contributed by atoms with Crippen LogP contribution in [-0.4, -0.2) is 9.97 Å². The number of aryl methyl sites for hydroxylation is 1. The Kier molecular flexibility index (Phi) is 5.00. The lowest BCUT2D eigenvalue weighted by Gasteiger charge is -2.08. The van der Waals surface area contributed by atoms with Crippen molar-refractivity contribution in [2.24, 2.45) is 0 Å². The quantitative estimate of drug-likeness (QED) is 0.800. The first-order valence-corrected chi connectivity index (χ1v) is 6.98. The molecule has 0 aliphatic rings. The fraction of sp³-hybridized carbons (Fsp3) is 0.286. The molecule has 1 heterocycles. The molecule has 19 heavy (non-hydrogen) atoms. The van der Waals surface area contributed by atoms with E-state index in [4.69, 9.17) is 23.2 Å². The van der Waals surface area contributed by atoms with Gasteiger partial charge in [0, 0.05) is 5.69 Å². The number of anilines is 2. The maximum Gasteiger partial charge on any atom is 0.224 e. The van der Waals surface area contributed by atoms with Crippen molar-refractivity contribution in [1.82, 2.24) is 9.97 Å². The first-order valence-electron chi connectivity index (χ1n) is 6.23. The number of nitrogens with one attached hydrogen (secondary N) is 1. The molecule has 1 aromatic carbocycles. The molecule has 0 saturated carbocycles. The minimum atomic E-state index is 0.173. The largest absolute Gasteiger partial charge is 0.339 e. The van der Waals surface area contributed by atoms with E-state index in [1.807, 2.05) is 12.1 Å². The summed E-state index contributed by atoms with van der Waals surface area (Å²) in [7, 11) is 0. The van der Waals surface area contributed by atoms with Crippen LogP contribution in [-0.2, 0) is 6.42 Å². The smallest absolute Gasteiger partial charge is 0.224 e. The molecule has 0 saturated heterocycles. The summed E-state index contributed by atoms with van der Waals surface area (Å²) in [6, 6.07) is 8.23. The van der Waals surface area contributed by atoms with Crippen molar-refractivity contribution in [3.05, 3.63) is 46.3 Å². The van der Waals surface area contributed by atoms with Crippen molar-refractivity contribution in [2.45, 2.75) is 26.2 Å². The molecule has 0 aliphatic heterocycles. The van der Waals surface area contributed by atoms with Gasteiger partial charge in [-0.2, -0.15) is 4.98 Å². The fourth-order valence-corrected chi connectivity index (χ4v) is 1.98. The van der Waals surface area contributed by atoms with Crippen molar-refractivity contribution < 1.29 is 0 Å². The van der Waals surface area contributed by atoms with Crippen LogP contribution >= 0.6 is 23.2 Å². The molecule has 5 heteroatoms. The summed E-state index contributed by atoms with van der Waals surface area (Å²) >= 11 is 11.7. The van der Waals surface area contributed by atoms with Crippen LogP contribution in [0.1, 0.15) is 25.3 Å². The van der Waals surface area contributed by atoms with Gasteiger partial charge in [-0.3, -0.25) is 0 Å². The second-order valence-electron chi connectivity index (χ2n) is 4.26. The zero-order chi connectivity index (χ0) is 13.7. The SMILES string of the molecule is CCCCc1ccc(Nc2nc(Cl)ncc2Cl)cc1. The van der Waals surface area contributed by atoms with Gasteiger partial charge in [0.05, 0.1) is 6.20 Å². The van der Waals surface area contributed by atoms with Crippen LogP contribution in [0.25, 0.3) is 0 Å². The van der Waals surface area contributed by atoms with E-state index < -0.39 is 0 Å². The molecule has 0 atom stereocenters. The van der Waals surface area contributed by atoms with Gasteiger partial charge in [0.2, 0.25) is 5.28 Å². The first-order chi connectivity index (χ1) is 9.19. The molecule has 100 valence electrons. The zero-order valence-corrected chi connectivity index (χ0v) is 12.2. The maximum atomic E-state index is 6.00. The lowest BCUT2D eigenvalue weighted by atomic mass is 10.1. The Morgan fingerprint density at radius 2 is 1.89 bits per heavy atom. The average molecular weight is 296 g/mol. The number of nitrogens with zero attached hydrogens (tertiary/aromatic N) is 2. The van der Waals surface area contributed by atoms with Gasteiger partial charge >= 0.3 is 0 Å². The molecule has 0 unspecified atom stereocenters. The lowest BCUT2D eigenvalue weighted by Crippen LogP contribution is -1.96. The number of halogens is 2. The van der Waals surface area contributed by atoms with Gasteiger partial charge in [-0.05, 0) is 42.1 Å². The topological polar surface area (TPSA) is 37.8 Å². The minimum absolute atomic E-state index is 0.173. The van der Waals surface area contributed by atoms with Gasteiger partial charge in [-0.15, -0.1) is 0 Å². The Labute approximate surface area is 123 Å². The van der Waals surface area contributed by atoms with Gasteiger partial charge in [0.15, 0.2) is 5.82 Å². The van der Waals surface area contributed by atoms with E-state index in [0.29, 0.717) is 10.8 Å². The first kappa shape index (κ1) is 14.1. The Balaban J connectivity index is 2.08. The Hall–Kier alpha value is -1.32. The van der Waals surface area contributed by atoms with Crippen LogP contribution in [0.4, 0.5) is 11.5 Å². The average Bonchev–Trinajstić information content (AvgIpc) is 2.42. The summed E-state index contributed by atoms with van der Waals surface area (Å²) in [6.07, 6.45) is 5.00. The maximum absolute atomic E-state index is 6.00. The van der Waals surface area contributed by atoms with E-state index in [-0.39, 0.29) is 5.28 Å². The van der Waals surface area contributed by atoms with Crippen LogP contribution < -0.4 is 5.32 Å². The molecular formula is C14H15Cl2N3. The highest BCUT2D eigenvalue weighted by Gasteiger charge is 2.04. The van der Waals surface area contributed by atoms with E-state index in [1.54, 1.807) is 0 Å². The Morgan fingerprint density at radius 3 is 2.58 bits per heavy atom. The highest BCUT2D eigenvalue weighted by atomic mass is 35.5. The van der Waals surface area contributed by atoms with Crippen LogP contribution in [0.5, 0.6) is 0 Å². The molecule has 2 aromatic rings. The van der Waals surface area contributed by atoms with Crippen LogP contribution in [0.3, 0.4) is 0 Å². The standard InChI is InChI=1S/C14H15Cl2N3/c1-2-3-4-10-5-7-11(8-6-10)18-13-12(15)9-17-14(16)19-13/h5-9H,2-4H2,1H3,(H,17,18,19). The molecule has 0 fully saturated rings. The normalized spacial score (nSPS) is 10.5. The third kappa shape index (κ3) is 4.08. The zero-order valence-electron chi connectivity index (χ0n) is 10.7. The number of aromatic nitrogens is 2. The van der Waals surface area contributed by atoms with E-state index in [2.05, 4.69) is 34.3 Å². The summed E-state index contributed by atoms with van der Waals surface area (Å²) in [6.45, 7) is 2.19. The van der Waals surface area contributed by atoms with Crippen molar-refractivity contribution in [3.63, 3.8) is 0 Å². The minimum Gasteiger partial charge on any atom is -0.339 e. The van der Waals surface area contributed by atoms with Crippen LogP contribution in [0.15, 0.2) is 30.5 Å². The molecule has 0 amide bonds. The molecule has 1 N–H and O–H groups in total. The predicted octanol–water partition coefficient (Wildman–Crippen LogP) is 4.87. The third-order valence-electron chi connectivity index (χ3n) is 2.75. The van der Waals surface area contributed by atoms with E-state index in [9.17, 15) is 0 Å². The molecular weight excluding hydrogens is 281 g/mol. The van der Waals surface area contributed by atoms with E-state index in [0.717, 1.165) is 12.1 Å². The van der Waals surface area contributed by atoms with E-state index in [1.165, 1.54) is 24.6 Å². The van der Waals surface area contributed by atoms with Gasteiger partial charge in [-0.1, -0.05) is 37.1 Å². The lowest BCUT2D eigenvalue weighted by molar-refractivity contribution is 0.795. The molecule has 1 aromatic heterocycles. The Morgan fingerprint density at radius 1 is 1.16 bits per heavy atom. The summed E-state index contributed by atoms with van der Waals surface area (Å²) in [5.74, 6) is 0.517. The fourth-order valence-electron chi connectivity index (χ4n) is 1.71. The number of unbranched alkanes of at least 4 members (excludes halogenated alkanes) is 1. The van der Waals surface area contributed by atoms with Gasteiger partial charge in [0.1, 0.15) is 5.02 Å². The molecule has 0 radical (unpaired) electrons. The van der Waals surface area contributed by atoms with Crippen molar-refractivity contribution in [3.8, 4) is 0 Å². The third-order valence-corrected chi connectivity index (χ3v) is 3.21. The molecule has 0 aliphatic carbocycles. The van der Waals surface area contributed by atoms with E-state index >= 15 is 0 Å². The van der Waals surface area contributed by atoms with Gasteiger partial charge in [0.25, 0.3) is 0 Å². The van der Waals surface area contributed by atoms with Crippen LogP contribution in [0, 0.1) is 0 Å². The Bertz CT molecular complexity index is 541. The molecule has 2 rings (SSSR count). The van der Waals surface area contributed by atoms with Gasteiger partial charge < -0.3 is 5.32 Å². The highest BCUT2D eigenvalue weighted by Crippen LogP contribution is 2.24. The number of hydrogen-bond acceptors (Lipinski definition) is 3. The number of rotatable bonds is 5. The predicted molar refractivity (Wildman–Crippen MR) is 80.4 cm³/mol. The molecule has 3 nitrogen and oxygen atoms in total. The molecule has 0 bridgehead atoms. The summed E-state index contributed by atoms with van der Waals surface area (Å²) in [5.41, 5.74) is 2.26. The van der Waals surface area contributed by atoms with Gasteiger partial charge in [-0.25, -0.2) is 4.98 Å². The van der Waals surface area contributed by atoms with Crippen molar-refractivity contribution in [2.75, 3.05) is 5.32 Å². The van der Waals surface area contributed by atoms with Crippen molar-refractivity contribution in [1.29, 1.82) is 0 Å². The summed E-state index contributed by atoms with van der Waals surface area (Å²) < 4.78 is 0. The number of benzene rings is 1. The second-order valence-corrected chi connectivity index (χ2v) is 5.01. The van der Waals surface area contributed by atoms with Crippen molar-refractivity contribution >= 4 is 34.7 Å².